The van der Waals surface area contributed by atoms with Crippen molar-refractivity contribution in [3.63, 3.8) is 0 Å². The van der Waals surface area contributed by atoms with Crippen LogP contribution in [0.25, 0.3) is 0 Å². The van der Waals surface area contributed by atoms with E-state index in [0.717, 1.165) is 23.7 Å². The summed E-state index contributed by atoms with van der Waals surface area (Å²) >= 11 is 3.28. The van der Waals surface area contributed by atoms with Gasteiger partial charge in [-0.1, -0.05) is 42.8 Å². The Morgan fingerprint density at radius 1 is 1.30 bits per heavy atom. The second-order valence-electron chi connectivity index (χ2n) is 7.14. The molecule has 1 aromatic rings. The molecule has 1 aliphatic carbocycles. The Balaban J connectivity index is 2.10. The summed E-state index contributed by atoms with van der Waals surface area (Å²) in [6, 6.07) is 5.20. The molecule has 0 amide bonds. The van der Waals surface area contributed by atoms with Crippen LogP contribution in [0.1, 0.15) is 45.6 Å². The third-order valence-corrected chi connectivity index (χ3v) is 5.16. The molecule has 0 spiro atoms. The highest BCUT2D eigenvalue weighted by atomic mass is 79.9. The highest BCUT2D eigenvalue weighted by Crippen LogP contribution is 2.41. The molecule has 0 aliphatic heterocycles. The van der Waals surface area contributed by atoms with Gasteiger partial charge in [0.25, 0.3) is 0 Å². The summed E-state index contributed by atoms with van der Waals surface area (Å²) in [5.41, 5.74) is 0.975. The Morgan fingerprint density at radius 2 is 2.00 bits per heavy atom. The second kappa shape index (κ2) is 6.15. The molecular formula is C17H24BrFO. The van der Waals surface area contributed by atoms with Crippen molar-refractivity contribution in [3.05, 3.63) is 34.1 Å². The fourth-order valence-electron chi connectivity index (χ4n) is 3.22. The van der Waals surface area contributed by atoms with Gasteiger partial charge in [0.15, 0.2) is 0 Å². The van der Waals surface area contributed by atoms with Crippen LogP contribution in [-0.2, 0) is 6.42 Å². The minimum atomic E-state index is -0.295. The predicted molar refractivity (Wildman–Crippen MR) is 84.1 cm³/mol. The summed E-state index contributed by atoms with van der Waals surface area (Å²) in [7, 11) is 0. The van der Waals surface area contributed by atoms with Gasteiger partial charge < -0.3 is 5.11 Å². The van der Waals surface area contributed by atoms with E-state index in [1.54, 1.807) is 0 Å². The lowest BCUT2D eigenvalue weighted by Crippen LogP contribution is -2.35. The summed E-state index contributed by atoms with van der Waals surface area (Å²) in [6.07, 6.45) is 3.23. The topological polar surface area (TPSA) is 20.2 Å². The molecule has 1 fully saturated rings. The molecular weight excluding hydrogens is 319 g/mol. The van der Waals surface area contributed by atoms with E-state index in [4.69, 9.17) is 0 Å². The fraction of sp³-hybridized carbons (Fsp3) is 0.647. The Morgan fingerprint density at radius 3 is 2.60 bits per heavy atom. The van der Waals surface area contributed by atoms with Gasteiger partial charge in [0.2, 0.25) is 0 Å². The van der Waals surface area contributed by atoms with Crippen molar-refractivity contribution < 1.29 is 9.50 Å². The first kappa shape index (κ1) is 16.0. The molecule has 0 heterocycles. The van der Waals surface area contributed by atoms with Gasteiger partial charge in [0, 0.05) is 4.47 Å². The molecule has 0 saturated heterocycles. The van der Waals surface area contributed by atoms with Gasteiger partial charge in [0.05, 0.1) is 6.10 Å². The largest absolute Gasteiger partial charge is 0.393 e. The molecule has 20 heavy (non-hydrogen) atoms. The third-order valence-electron chi connectivity index (χ3n) is 4.66. The molecule has 0 aromatic heterocycles. The molecule has 3 unspecified atom stereocenters. The normalized spacial score (nSPS) is 27.6. The van der Waals surface area contributed by atoms with Crippen LogP contribution in [0.15, 0.2) is 22.7 Å². The number of rotatable bonds is 2. The monoisotopic (exact) mass is 342 g/mol. The lowest BCUT2D eigenvalue weighted by atomic mass is 9.67. The first-order chi connectivity index (χ1) is 9.27. The maximum atomic E-state index is 14.0. The van der Waals surface area contributed by atoms with Crippen LogP contribution in [0.4, 0.5) is 4.39 Å². The summed E-state index contributed by atoms with van der Waals surface area (Å²) in [4.78, 5) is 0. The SMILES string of the molecule is CC(C)(C)C1CCC(O)C(Cc2ccc(Br)cc2F)C1. The van der Waals surface area contributed by atoms with Crippen LogP contribution < -0.4 is 0 Å². The zero-order valence-corrected chi connectivity index (χ0v) is 14.1. The first-order valence-electron chi connectivity index (χ1n) is 7.39. The second-order valence-corrected chi connectivity index (χ2v) is 8.06. The zero-order chi connectivity index (χ0) is 14.9. The summed E-state index contributed by atoms with van der Waals surface area (Å²) in [5.74, 6) is 0.600. The van der Waals surface area contributed by atoms with E-state index in [0.29, 0.717) is 17.9 Å². The van der Waals surface area contributed by atoms with Crippen LogP contribution in [0, 0.1) is 23.1 Å². The fourth-order valence-corrected chi connectivity index (χ4v) is 3.56. The summed E-state index contributed by atoms with van der Waals surface area (Å²) in [6.45, 7) is 6.77. The van der Waals surface area contributed by atoms with E-state index < -0.39 is 0 Å². The van der Waals surface area contributed by atoms with Crippen molar-refractivity contribution in [1.29, 1.82) is 0 Å². The van der Waals surface area contributed by atoms with Crippen LogP contribution in [0.3, 0.4) is 0 Å². The quantitative estimate of drug-likeness (QED) is 0.805. The molecule has 1 saturated carbocycles. The van der Waals surface area contributed by atoms with Gasteiger partial charge in [-0.05, 0) is 60.6 Å². The van der Waals surface area contributed by atoms with E-state index in [1.165, 1.54) is 6.07 Å². The van der Waals surface area contributed by atoms with Gasteiger partial charge in [-0.3, -0.25) is 0 Å². The lowest BCUT2D eigenvalue weighted by molar-refractivity contribution is 0.0193. The first-order valence-corrected chi connectivity index (χ1v) is 8.18. The minimum Gasteiger partial charge on any atom is -0.393 e. The van der Waals surface area contributed by atoms with Crippen LogP contribution in [0.2, 0.25) is 0 Å². The molecule has 1 aliphatic rings. The van der Waals surface area contributed by atoms with Crippen LogP contribution in [-0.4, -0.2) is 11.2 Å². The minimum absolute atomic E-state index is 0.170. The third kappa shape index (κ3) is 3.82. The number of aliphatic hydroxyl groups is 1. The molecule has 1 nitrogen and oxygen atoms in total. The number of aliphatic hydroxyl groups excluding tert-OH is 1. The highest BCUT2D eigenvalue weighted by molar-refractivity contribution is 9.10. The van der Waals surface area contributed by atoms with E-state index >= 15 is 0 Å². The zero-order valence-electron chi connectivity index (χ0n) is 12.5. The summed E-state index contributed by atoms with van der Waals surface area (Å²) < 4.78 is 14.7. The van der Waals surface area contributed by atoms with Gasteiger partial charge >= 0.3 is 0 Å². The van der Waals surface area contributed by atoms with E-state index in [2.05, 4.69) is 36.7 Å². The number of halogens is 2. The lowest BCUT2D eigenvalue weighted by Gasteiger charge is -2.40. The number of hydrogen-bond acceptors (Lipinski definition) is 1. The van der Waals surface area contributed by atoms with Crippen molar-refractivity contribution in [2.75, 3.05) is 0 Å². The molecule has 1 N–H and O–H groups in total. The molecule has 112 valence electrons. The smallest absolute Gasteiger partial charge is 0.127 e. The maximum Gasteiger partial charge on any atom is 0.127 e. The van der Waals surface area contributed by atoms with E-state index in [-0.39, 0.29) is 23.3 Å². The molecule has 3 atom stereocenters. The predicted octanol–water partition coefficient (Wildman–Crippen LogP) is 4.95. The number of benzene rings is 1. The number of hydrogen-bond donors (Lipinski definition) is 1. The Kier molecular flexibility index (Phi) is 4.91. The molecule has 0 radical (unpaired) electrons. The van der Waals surface area contributed by atoms with E-state index in [1.807, 2.05) is 12.1 Å². The van der Waals surface area contributed by atoms with Gasteiger partial charge in [0.1, 0.15) is 5.82 Å². The molecule has 0 bridgehead atoms. The van der Waals surface area contributed by atoms with Crippen molar-refractivity contribution >= 4 is 15.9 Å². The van der Waals surface area contributed by atoms with Crippen LogP contribution >= 0.6 is 15.9 Å². The summed E-state index contributed by atoms with van der Waals surface area (Å²) in [5, 5.41) is 10.2. The standard InChI is InChI=1S/C17H24BrFO/c1-17(2,3)13-5-7-16(20)12(9-13)8-11-4-6-14(18)10-15(11)19/h4,6,10,12-13,16,20H,5,7-9H2,1-3H3. The van der Waals surface area contributed by atoms with Crippen LogP contribution in [0.5, 0.6) is 0 Å². The van der Waals surface area contributed by atoms with Crippen molar-refractivity contribution in [1.82, 2.24) is 0 Å². The maximum absolute atomic E-state index is 14.0. The van der Waals surface area contributed by atoms with E-state index in [9.17, 15) is 9.50 Å². The van der Waals surface area contributed by atoms with Crippen molar-refractivity contribution in [2.24, 2.45) is 17.3 Å². The molecule has 2 rings (SSSR count). The molecule has 3 heteroatoms. The highest BCUT2D eigenvalue weighted by Gasteiger charge is 2.35. The van der Waals surface area contributed by atoms with Crippen molar-refractivity contribution in [2.45, 2.75) is 52.6 Å². The molecule has 1 aromatic carbocycles. The van der Waals surface area contributed by atoms with Gasteiger partial charge in [-0.15, -0.1) is 0 Å². The van der Waals surface area contributed by atoms with Gasteiger partial charge in [-0.25, -0.2) is 4.39 Å². The van der Waals surface area contributed by atoms with Gasteiger partial charge in [-0.2, -0.15) is 0 Å². The Bertz CT molecular complexity index is 467. The van der Waals surface area contributed by atoms with Crippen molar-refractivity contribution in [3.8, 4) is 0 Å². The average molecular weight is 343 g/mol. The Hall–Kier alpha value is -0.410. The average Bonchev–Trinajstić information content (AvgIpc) is 2.33. The Labute approximate surface area is 129 Å².